The van der Waals surface area contributed by atoms with Gasteiger partial charge >= 0.3 is 4.87 Å². The first-order valence-electron chi connectivity index (χ1n) is 5.68. The highest BCUT2D eigenvalue weighted by molar-refractivity contribution is 7.07. The van der Waals surface area contributed by atoms with Crippen molar-refractivity contribution in [2.24, 2.45) is 5.73 Å². The average Bonchev–Trinajstić information content (AvgIpc) is 2.55. The molecule has 1 amide bonds. The molecule has 96 valence electrons. The molecule has 0 bridgehead atoms. The van der Waals surface area contributed by atoms with E-state index in [2.05, 4.69) is 5.32 Å². The van der Waals surface area contributed by atoms with Crippen molar-refractivity contribution in [2.75, 3.05) is 6.54 Å². The van der Waals surface area contributed by atoms with Gasteiger partial charge in [-0.2, -0.15) is 0 Å². The number of hydrogen-bond acceptors (Lipinski definition) is 4. The molecule has 0 radical (unpaired) electrons. The number of thiazole rings is 1. The molecule has 0 aromatic carbocycles. The van der Waals surface area contributed by atoms with Crippen LogP contribution in [0.2, 0.25) is 0 Å². The lowest BCUT2D eigenvalue weighted by molar-refractivity contribution is -0.121. The molecule has 17 heavy (non-hydrogen) atoms. The molecule has 5 nitrogen and oxygen atoms in total. The highest BCUT2D eigenvalue weighted by atomic mass is 32.1. The van der Waals surface area contributed by atoms with Crippen molar-refractivity contribution in [3.8, 4) is 0 Å². The summed E-state index contributed by atoms with van der Waals surface area (Å²) in [6.45, 7) is 4.80. The Bertz CT molecular complexity index is 423. The molecule has 6 heteroatoms. The summed E-state index contributed by atoms with van der Waals surface area (Å²) >= 11 is 1.16. The smallest absolute Gasteiger partial charge is 0.307 e. The van der Waals surface area contributed by atoms with Crippen molar-refractivity contribution >= 4 is 17.2 Å². The summed E-state index contributed by atoms with van der Waals surface area (Å²) in [5.74, 6) is -0.0387. The fraction of sp³-hybridized carbons (Fsp3) is 0.636. The Balaban J connectivity index is 2.31. The predicted molar refractivity (Wildman–Crippen MR) is 69.2 cm³/mol. The van der Waals surface area contributed by atoms with Crippen LogP contribution in [0.4, 0.5) is 0 Å². The van der Waals surface area contributed by atoms with Gasteiger partial charge in [-0.25, -0.2) is 0 Å². The van der Waals surface area contributed by atoms with E-state index in [1.807, 2.05) is 13.8 Å². The molecule has 0 fully saturated rings. The van der Waals surface area contributed by atoms with Crippen LogP contribution in [0.15, 0.2) is 10.2 Å². The Labute approximate surface area is 105 Å². The summed E-state index contributed by atoms with van der Waals surface area (Å²) in [6, 6.07) is 0.0945. The minimum absolute atomic E-state index is 0.00844. The van der Waals surface area contributed by atoms with E-state index in [9.17, 15) is 9.59 Å². The summed E-state index contributed by atoms with van der Waals surface area (Å²) in [4.78, 5) is 22.9. The lowest BCUT2D eigenvalue weighted by Gasteiger charge is -2.08. The number of nitrogens with two attached hydrogens (primary N) is 1. The van der Waals surface area contributed by atoms with Crippen LogP contribution in [0.3, 0.4) is 0 Å². The topological polar surface area (TPSA) is 77.1 Å². The van der Waals surface area contributed by atoms with Crippen molar-refractivity contribution in [3.63, 3.8) is 0 Å². The number of aromatic nitrogens is 1. The molecule has 1 unspecified atom stereocenters. The number of nitrogens with one attached hydrogen (secondary N) is 1. The van der Waals surface area contributed by atoms with Crippen LogP contribution in [0.1, 0.15) is 25.5 Å². The van der Waals surface area contributed by atoms with Gasteiger partial charge in [-0.3, -0.25) is 9.59 Å². The second-order valence-electron chi connectivity index (χ2n) is 4.16. The lowest BCUT2D eigenvalue weighted by atomic mass is 10.2. The number of rotatable bonds is 6. The van der Waals surface area contributed by atoms with Gasteiger partial charge in [0, 0.05) is 36.6 Å². The van der Waals surface area contributed by atoms with Gasteiger partial charge in [0.2, 0.25) is 5.91 Å². The van der Waals surface area contributed by atoms with Gasteiger partial charge in [0.05, 0.1) is 0 Å². The molecule has 1 rings (SSSR count). The summed E-state index contributed by atoms with van der Waals surface area (Å²) in [5.41, 5.74) is 6.48. The van der Waals surface area contributed by atoms with Crippen molar-refractivity contribution < 1.29 is 4.79 Å². The van der Waals surface area contributed by atoms with Gasteiger partial charge in [0.15, 0.2) is 0 Å². The van der Waals surface area contributed by atoms with Gasteiger partial charge in [-0.15, -0.1) is 0 Å². The zero-order valence-corrected chi connectivity index (χ0v) is 11.0. The van der Waals surface area contributed by atoms with Gasteiger partial charge in [0.25, 0.3) is 0 Å². The van der Waals surface area contributed by atoms with Crippen molar-refractivity contribution in [1.29, 1.82) is 0 Å². The largest absolute Gasteiger partial charge is 0.356 e. The number of aryl methyl sites for hydroxylation is 1. The van der Waals surface area contributed by atoms with Crippen molar-refractivity contribution in [1.82, 2.24) is 9.88 Å². The molecular weight excluding hydrogens is 238 g/mol. The molecule has 1 atom stereocenters. The fourth-order valence-electron chi connectivity index (χ4n) is 1.42. The van der Waals surface area contributed by atoms with E-state index in [0.29, 0.717) is 19.5 Å². The zero-order chi connectivity index (χ0) is 12.8. The standard InChI is InChI=1S/C11H19N3O2S/c1-8(12)3-5-13-10(15)4-6-14-9(2)7-17-11(14)16/h7-8H,3-6,12H2,1-2H3,(H,13,15). The third kappa shape index (κ3) is 4.70. The maximum atomic E-state index is 11.5. The number of carbonyl (C=O) groups is 1. The van der Waals surface area contributed by atoms with Crippen LogP contribution in [-0.4, -0.2) is 23.1 Å². The SMILES string of the molecule is Cc1csc(=O)n1CCC(=O)NCCC(C)N. The second kappa shape index (κ2) is 6.56. The van der Waals surface area contributed by atoms with Crippen molar-refractivity contribution in [3.05, 3.63) is 20.7 Å². The van der Waals surface area contributed by atoms with E-state index in [1.165, 1.54) is 0 Å². The number of nitrogens with zero attached hydrogens (tertiary/aromatic N) is 1. The van der Waals surface area contributed by atoms with Crippen LogP contribution in [0.5, 0.6) is 0 Å². The van der Waals surface area contributed by atoms with Gasteiger partial charge in [-0.1, -0.05) is 11.3 Å². The monoisotopic (exact) mass is 257 g/mol. The first-order valence-corrected chi connectivity index (χ1v) is 6.56. The number of amides is 1. The molecular formula is C11H19N3O2S. The molecule has 3 N–H and O–H groups in total. The van der Waals surface area contributed by atoms with Crippen LogP contribution in [0, 0.1) is 6.92 Å². The zero-order valence-electron chi connectivity index (χ0n) is 10.2. The minimum atomic E-state index is -0.0387. The van der Waals surface area contributed by atoms with Crippen LogP contribution in [0.25, 0.3) is 0 Å². The molecule has 0 aliphatic heterocycles. The third-order valence-electron chi connectivity index (χ3n) is 2.46. The summed E-state index contributed by atoms with van der Waals surface area (Å²) in [5, 5.41) is 4.59. The van der Waals surface area contributed by atoms with E-state index in [0.717, 1.165) is 23.5 Å². The van der Waals surface area contributed by atoms with Crippen LogP contribution < -0.4 is 15.9 Å². The molecule has 1 heterocycles. The van der Waals surface area contributed by atoms with Crippen molar-refractivity contribution in [2.45, 2.75) is 39.3 Å². The number of carbonyl (C=O) groups excluding carboxylic acids is 1. The second-order valence-corrected chi connectivity index (χ2v) is 4.98. The highest BCUT2D eigenvalue weighted by Crippen LogP contribution is 2.00. The van der Waals surface area contributed by atoms with Gasteiger partial charge in [0.1, 0.15) is 0 Å². The fourth-order valence-corrected chi connectivity index (χ4v) is 2.18. The maximum absolute atomic E-state index is 11.5. The van der Waals surface area contributed by atoms with E-state index in [4.69, 9.17) is 5.73 Å². The molecule has 0 aliphatic carbocycles. The quantitative estimate of drug-likeness (QED) is 0.777. The van der Waals surface area contributed by atoms with Crippen LogP contribution >= 0.6 is 11.3 Å². The van der Waals surface area contributed by atoms with Crippen LogP contribution in [-0.2, 0) is 11.3 Å². The molecule has 1 aromatic heterocycles. The Hall–Kier alpha value is -1.14. The molecule has 1 aromatic rings. The molecule has 0 aliphatic rings. The Kier molecular flexibility index (Phi) is 5.37. The van der Waals surface area contributed by atoms with Gasteiger partial charge in [-0.05, 0) is 20.3 Å². The number of hydrogen-bond donors (Lipinski definition) is 2. The Morgan fingerprint density at radius 2 is 2.35 bits per heavy atom. The summed E-state index contributed by atoms with van der Waals surface area (Å²) in [6.07, 6.45) is 1.10. The van der Waals surface area contributed by atoms with E-state index in [-0.39, 0.29) is 16.8 Å². The average molecular weight is 257 g/mol. The Morgan fingerprint density at radius 3 is 2.88 bits per heavy atom. The maximum Gasteiger partial charge on any atom is 0.307 e. The lowest BCUT2D eigenvalue weighted by Crippen LogP contribution is -2.30. The normalized spacial score (nSPS) is 12.4. The molecule has 0 spiro atoms. The summed E-state index contributed by atoms with van der Waals surface area (Å²) in [7, 11) is 0. The third-order valence-corrected chi connectivity index (χ3v) is 3.34. The minimum Gasteiger partial charge on any atom is -0.356 e. The van der Waals surface area contributed by atoms with Gasteiger partial charge < -0.3 is 15.6 Å². The molecule has 0 saturated heterocycles. The highest BCUT2D eigenvalue weighted by Gasteiger charge is 2.06. The van der Waals surface area contributed by atoms with E-state index >= 15 is 0 Å². The summed E-state index contributed by atoms with van der Waals surface area (Å²) < 4.78 is 1.62. The predicted octanol–water partition coefficient (Wildman–Crippen LogP) is 0.462. The molecule has 0 saturated carbocycles. The van der Waals surface area contributed by atoms with E-state index in [1.54, 1.807) is 9.95 Å². The van der Waals surface area contributed by atoms with E-state index < -0.39 is 0 Å². The Morgan fingerprint density at radius 1 is 1.65 bits per heavy atom. The first kappa shape index (κ1) is 13.9. The first-order chi connectivity index (χ1) is 8.00.